The fraction of sp³-hybridized carbons (Fsp3) is 0.269. The second-order valence-electron chi connectivity index (χ2n) is 8.64. The highest BCUT2D eigenvalue weighted by Gasteiger charge is 2.47. The SMILES string of the molecule is CN1c2ccc(-c3ccccc3F)cc2[C@H]2[C@H](CCN2C(=O)Nc2ccc(F)cc2)[C@H]1CO. The Balaban J connectivity index is 1.54. The number of carbonyl (C=O) groups excluding carboxylic acids is 1. The number of anilines is 2. The molecule has 2 N–H and O–H groups in total. The zero-order valence-electron chi connectivity index (χ0n) is 18.2. The van der Waals surface area contributed by atoms with Crippen LogP contribution in [-0.2, 0) is 0 Å². The predicted molar refractivity (Wildman–Crippen MR) is 124 cm³/mol. The minimum atomic E-state index is -0.370. The number of nitrogens with one attached hydrogen (secondary N) is 1. The van der Waals surface area contributed by atoms with Crippen LogP contribution in [0.2, 0.25) is 0 Å². The van der Waals surface area contributed by atoms with Gasteiger partial charge < -0.3 is 20.2 Å². The summed E-state index contributed by atoms with van der Waals surface area (Å²) < 4.78 is 27.8. The summed E-state index contributed by atoms with van der Waals surface area (Å²) >= 11 is 0. The third kappa shape index (κ3) is 3.72. The molecule has 0 radical (unpaired) electrons. The molecule has 0 bridgehead atoms. The molecule has 0 aliphatic carbocycles. The van der Waals surface area contributed by atoms with Crippen LogP contribution in [0.1, 0.15) is 18.0 Å². The molecule has 1 fully saturated rings. The number of nitrogens with zero attached hydrogens (tertiary/aromatic N) is 2. The van der Waals surface area contributed by atoms with Crippen molar-refractivity contribution in [1.29, 1.82) is 0 Å². The van der Waals surface area contributed by atoms with Gasteiger partial charge in [0.2, 0.25) is 0 Å². The lowest BCUT2D eigenvalue weighted by molar-refractivity contribution is 0.168. The van der Waals surface area contributed by atoms with Crippen molar-refractivity contribution in [3.8, 4) is 11.1 Å². The number of likely N-dealkylation sites (N-methyl/N-ethyl adjacent to an activating group) is 1. The van der Waals surface area contributed by atoms with E-state index in [9.17, 15) is 18.7 Å². The minimum absolute atomic E-state index is 0.0282. The van der Waals surface area contributed by atoms with Crippen molar-refractivity contribution >= 4 is 17.4 Å². The molecule has 2 amide bonds. The molecule has 7 heteroatoms. The van der Waals surface area contributed by atoms with Gasteiger partial charge in [0.1, 0.15) is 11.6 Å². The maximum atomic E-state index is 14.5. The number of halogens is 2. The van der Waals surface area contributed by atoms with E-state index in [-0.39, 0.29) is 42.3 Å². The van der Waals surface area contributed by atoms with E-state index >= 15 is 0 Å². The van der Waals surface area contributed by atoms with Gasteiger partial charge in [-0.1, -0.05) is 24.3 Å². The Bertz CT molecular complexity index is 1180. The molecule has 3 aromatic carbocycles. The first-order valence-corrected chi connectivity index (χ1v) is 11.0. The standard InChI is InChI=1S/C26H25F2N3O2/c1-30-23-11-6-16(19-4-2-3-5-22(19)28)14-21(23)25-20(24(30)15-32)12-13-31(25)26(33)29-18-9-7-17(27)8-10-18/h2-11,14,20,24-25,32H,12-13,15H2,1H3,(H,29,33)/t20-,24-,25-/m1/s1. The van der Waals surface area contributed by atoms with Crippen LogP contribution in [0, 0.1) is 17.6 Å². The minimum Gasteiger partial charge on any atom is -0.394 e. The molecule has 5 nitrogen and oxygen atoms in total. The van der Waals surface area contributed by atoms with E-state index in [0.717, 1.165) is 23.2 Å². The Morgan fingerprint density at radius 3 is 2.58 bits per heavy atom. The lowest BCUT2D eigenvalue weighted by atomic mass is 9.81. The van der Waals surface area contributed by atoms with E-state index in [1.165, 1.54) is 30.3 Å². The Hall–Kier alpha value is -3.45. The van der Waals surface area contributed by atoms with Crippen LogP contribution in [0.15, 0.2) is 66.7 Å². The summed E-state index contributed by atoms with van der Waals surface area (Å²) in [6.07, 6.45) is 0.737. The fourth-order valence-electron chi connectivity index (χ4n) is 5.27. The molecule has 2 aliphatic heterocycles. The molecule has 1 saturated heterocycles. The van der Waals surface area contributed by atoms with Gasteiger partial charge in [0.15, 0.2) is 0 Å². The number of likely N-dealkylation sites (tertiary alicyclic amines) is 1. The quantitative estimate of drug-likeness (QED) is 0.589. The summed E-state index contributed by atoms with van der Waals surface area (Å²) in [4.78, 5) is 17.1. The number of carbonyl (C=O) groups is 1. The van der Waals surface area contributed by atoms with Gasteiger partial charge in [0.25, 0.3) is 0 Å². The second-order valence-corrected chi connectivity index (χ2v) is 8.64. The van der Waals surface area contributed by atoms with Crippen molar-refractivity contribution in [2.45, 2.75) is 18.5 Å². The smallest absolute Gasteiger partial charge is 0.322 e. The fourth-order valence-corrected chi connectivity index (χ4v) is 5.27. The van der Waals surface area contributed by atoms with Gasteiger partial charge >= 0.3 is 6.03 Å². The van der Waals surface area contributed by atoms with Gasteiger partial charge in [-0.3, -0.25) is 0 Å². The molecular weight excluding hydrogens is 424 g/mol. The average molecular weight is 450 g/mol. The summed E-state index contributed by atoms with van der Waals surface area (Å²) in [6, 6.07) is 17.4. The van der Waals surface area contributed by atoms with Crippen molar-refractivity contribution in [2.75, 3.05) is 30.4 Å². The summed E-state index contributed by atoms with van der Waals surface area (Å²) in [6.45, 7) is 0.496. The number of rotatable bonds is 3. The first kappa shape index (κ1) is 21.4. The Kier molecular flexibility index (Phi) is 5.50. The number of amides is 2. The van der Waals surface area contributed by atoms with Crippen LogP contribution in [0.4, 0.5) is 25.0 Å². The average Bonchev–Trinajstić information content (AvgIpc) is 3.26. The van der Waals surface area contributed by atoms with Crippen molar-refractivity contribution < 1.29 is 18.7 Å². The van der Waals surface area contributed by atoms with Gasteiger partial charge in [-0.2, -0.15) is 0 Å². The number of benzene rings is 3. The zero-order chi connectivity index (χ0) is 23.1. The van der Waals surface area contributed by atoms with Gasteiger partial charge in [-0.05, 0) is 60.0 Å². The predicted octanol–water partition coefficient (Wildman–Crippen LogP) is 5.04. The van der Waals surface area contributed by atoms with E-state index in [1.54, 1.807) is 23.1 Å². The number of fused-ring (bicyclic) bond motifs is 3. The normalized spacial score (nSPS) is 21.5. The van der Waals surface area contributed by atoms with Gasteiger partial charge in [0, 0.05) is 36.4 Å². The molecule has 3 aromatic rings. The van der Waals surface area contributed by atoms with Gasteiger partial charge in [-0.15, -0.1) is 0 Å². The highest BCUT2D eigenvalue weighted by molar-refractivity contribution is 5.90. The molecule has 0 saturated carbocycles. The van der Waals surface area contributed by atoms with Crippen LogP contribution in [0.3, 0.4) is 0 Å². The van der Waals surface area contributed by atoms with Crippen molar-refractivity contribution in [1.82, 2.24) is 4.90 Å². The van der Waals surface area contributed by atoms with Crippen molar-refractivity contribution in [3.05, 3.63) is 83.9 Å². The second kappa shape index (κ2) is 8.48. The topological polar surface area (TPSA) is 55.8 Å². The summed E-state index contributed by atoms with van der Waals surface area (Å²) in [7, 11) is 1.94. The van der Waals surface area contributed by atoms with E-state index < -0.39 is 0 Å². The van der Waals surface area contributed by atoms with Crippen LogP contribution < -0.4 is 10.2 Å². The molecule has 3 atom stereocenters. The largest absolute Gasteiger partial charge is 0.394 e. The molecule has 5 rings (SSSR count). The third-order valence-electron chi connectivity index (χ3n) is 6.89. The number of aliphatic hydroxyl groups is 1. The monoisotopic (exact) mass is 449 g/mol. The van der Waals surface area contributed by atoms with Crippen LogP contribution >= 0.6 is 0 Å². The van der Waals surface area contributed by atoms with Gasteiger partial charge in [-0.25, -0.2) is 13.6 Å². The first-order valence-electron chi connectivity index (χ1n) is 11.0. The molecule has 33 heavy (non-hydrogen) atoms. The van der Waals surface area contributed by atoms with Gasteiger partial charge in [0.05, 0.1) is 18.7 Å². The van der Waals surface area contributed by atoms with E-state index in [0.29, 0.717) is 17.8 Å². The Morgan fingerprint density at radius 1 is 1.09 bits per heavy atom. The summed E-state index contributed by atoms with van der Waals surface area (Å²) in [5, 5.41) is 13.0. The Morgan fingerprint density at radius 2 is 1.85 bits per heavy atom. The highest BCUT2D eigenvalue weighted by atomic mass is 19.1. The van der Waals surface area contributed by atoms with Crippen molar-refractivity contribution in [3.63, 3.8) is 0 Å². The van der Waals surface area contributed by atoms with Crippen LogP contribution in [0.25, 0.3) is 11.1 Å². The molecule has 0 unspecified atom stereocenters. The maximum Gasteiger partial charge on any atom is 0.322 e. The van der Waals surface area contributed by atoms with Crippen molar-refractivity contribution in [2.24, 2.45) is 5.92 Å². The van der Waals surface area contributed by atoms with E-state index in [4.69, 9.17) is 0 Å². The van der Waals surface area contributed by atoms with E-state index in [1.807, 2.05) is 25.2 Å². The molecule has 0 aromatic heterocycles. The maximum absolute atomic E-state index is 14.5. The summed E-state index contributed by atoms with van der Waals surface area (Å²) in [5.41, 5.74) is 3.60. The van der Waals surface area contributed by atoms with E-state index in [2.05, 4.69) is 10.2 Å². The molecule has 170 valence electrons. The number of urea groups is 1. The highest BCUT2D eigenvalue weighted by Crippen LogP contribution is 2.49. The lowest BCUT2D eigenvalue weighted by Crippen LogP contribution is -2.48. The first-order chi connectivity index (χ1) is 16.0. The molecule has 2 heterocycles. The van der Waals surface area contributed by atoms with Crippen LogP contribution in [0.5, 0.6) is 0 Å². The summed E-state index contributed by atoms with van der Waals surface area (Å²) in [5.74, 6) is -0.643. The number of hydrogen-bond donors (Lipinski definition) is 2. The Labute approximate surface area is 191 Å². The zero-order valence-corrected chi connectivity index (χ0v) is 18.2. The third-order valence-corrected chi connectivity index (χ3v) is 6.89. The number of hydrogen-bond acceptors (Lipinski definition) is 3. The van der Waals surface area contributed by atoms with Crippen LogP contribution in [-0.4, -0.2) is 42.3 Å². The molecule has 2 aliphatic rings. The molecule has 0 spiro atoms. The number of aliphatic hydroxyl groups excluding tert-OH is 1. The molecular formula is C26H25F2N3O2. The lowest BCUT2D eigenvalue weighted by Gasteiger charge is -2.44.